The first-order chi connectivity index (χ1) is 13.6. The molecule has 3 aromatic rings. The van der Waals surface area contributed by atoms with E-state index in [9.17, 15) is 9.59 Å². The highest BCUT2D eigenvalue weighted by atomic mass is 127. The lowest BCUT2D eigenvalue weighted by Gasteiger charge is -2.11. The molecule has 6 heteroatoms. The minimum absolute atomic E-state index is 0. The van der Waals surface area contributed by atoms with E-state index in [1.165, 1.54) is 10.9 Å². The van der Waals surface area contributed by atoms with Crippen molar-refractivity contribution in [2.24, 2.45) is 7.05 Å². The number of aromatic nitrogens is 1. The van der Waals surface area contributed by atoms with Crippen LogP contribution in [0.4, 0.5) is 5.69 Å². The molecule has 0 saturated carbocycles. The second-order valence-corrected chi connectivity index (χ2v) is 7.00. The number of nitrogens with one attached hydrogen (secondary N) is 2. The molecule has 148 valence electrons. The molecule has 29 heavy (non-hydrogen) atoms. The summed E-state index contributed by atoms with van der Waals surface area (Å²) >= 11 is 0. The minimum Gasteiger partial charge on any atom is -1.00 e. The molecule has 1 aromatic heterocycles. The molecule has 2 amide bonds. The van der Waals surface area contributed by atoms with Gasteiger partial charge in [-0.25, -0.2) is 4.57 Å². The number of carbonyl (C=O) groups excluding carboxylic acids is 2. The zero-order valence-electron chi connectivity index (χ0n) is 16.1. The molecule has 1 fully saturated rings. The second-order valence-electron chi connectivity index (χ2n) is 7.00. The molecule has 2 N–H and O–H groups in total. The maximum atomic E-state index is 12.2. The van der Waals surface area contributed by atoms with E-state index in [1.807, 2.05) is 43.4 Å². The van der Waals surface area contributed by atoms with Gasteiger partial charge in [0.15, 0.2) is 6.20 Å². The topological polar surface area (TPSA) is 62.1 Å². The van der Waals surface area contributed by atoms with Crippen molar-refractivity contribution in [2.45, 2.75) is 18.9 Å². The van der Waals surface area contributed by atoms with Crippen molar-refractivity contribution in [2.75, 3.05) is 5.32 Å². The molecule has 2 aromatic carbocycles. The fourth-order valence-electron chi connectivity index (χ4n) is 3.44. The average Bonchev–Trinajstić information content (AvgIpc) is 3.15. The van der Waals surface area contributed by atoms with Crippen LogP contribution in [0, 0.1) is 0 Å². The number of nitrogens with zero attached hydrogens (tertiary/aromatic N) is 1. The molecule has 0 spiro atoms. The van der Waals surface area contributed by atoms with Crippen LogP contribution in [0.3, 0.4) is 0 Å². The largest absolute Gasteiger partial charge is 1.00 e. The predicted molar refractivity (Wildman–Crippen MR) is 110 cm³/mol. The Hall–Kier alpha value is -2.74. The van der Waals surface area contributed by atoms with Gasteiger partial charge in [0.1, 0.15) is 13.1 Å². The van der Waals surface area contributed by atoms with Crippen molar-refractivity contribution in [1.29, 1.82) is 0 Å². The van der Waals surface area contributed by atoms with E-state index in [4.69, 9.17) is 0 Å². The van der Waals surface area contributed by atoms with E-state index in [1.54, 1.807) is 0 Å². The first-order valence-corrected chi connectivity index (χ1v) is 9.36. The van der Waals surface area contributed by atoms with Gasteiger partial charge in [-0.1, -0.05) is 36.4 Å². The maximum absolute atomic E-state index is 12.2. The molecule has 4 rings (SSSR count). The molecule has 1 aliphatic rings. The summed E-state index contributed by atoms with van der Waals surface area (Å²) in [4.78, 5) is 23.4. The summed E-state index contributed by atoms with van der Waals surface area (Å²) < 4.78 is 2.11. The highest BCUT2D eigenvalue weighted by Gasteiger charge is 2.26. The van der Waals surface area contributed by atoms with Crippen LogP contribution >= 0.6 is 0 Å². The third-order valence-electron chi connectivity index (χ3n) is 5.02. The molecule has 1 aliphatic heterocycles. The molecule has 0 radical (unpaired) electrons. The Morgan fingerprint density at radius 1 is 1.10 bits per heavy atom. The third-order valence-corrected chi connectivity index (χ3v) is 5.02. The van der Waals surface area contributed by atoms with Crippen molar-refractivity contribution in [3.05, 3.63) is 71.9 Å². The molecule has 1 saturated heterocycles. The van der Waals surface area contributed by atoms with Crippen LogP contribution in [0.15, 0.2) is 60.8 Å². The molecule has 5 nitrogen and oxygen atoms in total. The third kappa shape index (κ3) is 4.82. The number of anilines is 1. The summed E-state index contributed by atoms with van der Waals surface area (Å²) in [6.07, 6.45) is 7.18. The van der Waals surface area contributed by atoms with Crippen LogP contribution in [0.25, 0.3) is 23.1 Å². The minimum atomic E-state index is -0.431. The summed E-state index contributed by atoms with van der Waals surface area (Å²) in [6.45, 7) is 0. The van der Waals surface area contributed by atoms with Crippen LogP contribution in [0.2, 0.25) is 0 Å². The van der Waals surface area contributed by atoms with Crippen molar-refractivity contribution in [3.8, 4) is 0 Å². The lowest BCUT2D eigenvalue weighted by atomic mass is 10.1. The van der Waals surface area contributed by atoms with Crippen molar-refractivity contribution >= 4 is 40.6 Å². The van der Waals surface area contributed by atoms with E-state index >= 15 is 0 Å². The molecule has 1 atom stereocenters. The summed E-state index contributed by atoms with van der Waals surface area (Å²) in [5.41, 5.74) is 4.11. The van der Waals surface area contributed by atoms with Gasteiger partial charge in [-0.05, 0) is 35.7 Å². The smallest absolute Gasteiger partial charge is 0.246 e. The Morgan fingerprint density at radius 2 is 1.86 bits per heavy atom. The molecular weight excluding hydrogens is 477 g/mol. The van der Waals surface area contributed by atoms with Gasteiger partial charge >= 0.3 is 0 Å². The van der Waals surface area contributed by atoms with Crippen molar-refractivity contribution in [1.82, 2.24) is 5.32 Å². The number of pyridine rings is 1. The zero-order valence-corrected chi connectivity index (χ0v) is 18.2. The molecule has 2 heterocycles. The number of para-hydroxylation sites is 1. The Kier molecular flexibility index (Phi) is 6.64. The predicted octanol–water partition coefficient (Wildman–Crippen LogP) is 0.0558. The monoisotopic (exact) mass is 499 g/mol. The normalized spacial score (nSPS) is 15.9. The van der Waals surface area contributed by atoms with Gasteiger partial charge in [-0.2, -0.15) is 0 Å². The van der Waals surface area contributed by atoms with Crippen LogP contribution in [-0.4, -0.2) is 17.9 Å². The van der Waals surface area contributed by atoms with E-state index in [2.05, 4.69) is 51.7 Å². The lowest BCUT2D eigenvalue weighted by Crippen LogP contribution is -3.00. The van der Waals surface area contributed by atoms with Crippen LogP contribution < -0.4 is 39.2 Å². The van der Waals surface area contributed by atoms with Gasteiger partial charge in [-0.3, -0.25) is 9.59 Å². The van der Waals surface area contributed by atoms with E-state index in [0.717, 1.165) is 16.8 Å². The second kappa shape index (κ2) is 9.17. The fourth-order valence-corrected chi connectivity index (χ4v) is 3.44. The molecule has 0 aliphatic carbocycles. The Bertz CT molecular complexity index is 1080. The summed E-state index contributed by atoms with van der Waals surface area (Å²) in [7, 11) is 2.04. The van der Waals surface area contributed by atoms with Gasteiger partial charge in [0.05, 0.1) is 5.39 Å². The van der Waals surface area contributed by atoms with Crippen LogP contribution in [0.5, 0.6) is 0 Å². The zero-order chi connectivity index (χ0) is 19.5. The lowest BCUT2D eigenvalue weighted by molar-refractivity contribution is -0.644. The van der Waals surface area contributed by atoms with Crippen molar-refractivity contribution < 1.29 is 38.1 Å². The number of hydrogen-bond acceptors (Lipinski definition) is 2. The molecule has 0 unspecified atom stereocenters. The van der Waals surface area contributed by atoms with Gasteiger partial charge in [-0.15, -0.1) is 0 Å². The first-order valence-electron chi connectivity index (χ1n) is 9.36. The van der Waals surface area contributed by atoms with Gasteiger partial charge in [0.25, 0.3) is 0 Å². The number of rotatable bonds is 4. The quantitative estimate of drug-likeness (QED) is 0.394. The summed E-state index contributed by atoms with van der Waals surface area (Å²) in [5, 5.41) is 6.73. The number of carbonyl (C=O) groups is 2. The van der Waals surface area contributed by atoms with E-state index in [-0.39, 0.29) is 35.8 Å². The number of aryl methyl sites for hydroxylation is 1. The van der Waals surface area contributed by atoms with Crippen LogP contribution in [0.1, 0.15) is 24.0 Å². The van der Waals surface area contributed by atoms with Gasteiger partial charge in [0, 0.05) is 24.2 Å². The number of halogens is 1. The molecular formula is C23H22IN3O2. The van der Waals surface area contributed by atoms with E-state index < -0.39 is 6.04 Å². The Balaban J connectivity index is 0.00000240. The summed E-state index contributed by atoms with van der Waals surface area (Å²) in [6, 6.07) is 17.7. The Morgan fingerprint density at radius 3 is 2.59 bits per heavy atom. The number of benzene rings is 2. The van der Waals surface area contributed by atoms with Crippen LogP contribution in [-0.2, 0) is 16.6 Å². The highest BCUT2D eigenvalue weighted by molar-refractivity contribution is 5.99. The van der Waals surface area contributed by atoms with E-state index in [0.29, 0.717) is 12.8 Å². The SMILES string of the molecule is C[n+]1ccc(C=Cc2ccc(NC(=O)[C@@H]3CCC(=O)N3)cc2)c2ccccc21.[I-]. The average molecular weight is 499 g/mol. The van der Waals surface area contributed by atoms with Gasteiger partial charge in [0.2, 0.25) is 17.3 Å². The standard InChI is InChI=1S/C23H21N3O2.HI/c1-26-15-14-17(19-4-2-3-5-21(19)26)9-6-16-7-10-18(11-8-16)24-23(28)20-12-13-22(27)25-20;/h2-11,14-15,20H,12-13H2,1H3,(H,25,27);1H/t20-;/m0./s1. The summed E-state index contributed by atoms with van der Waals surface area (Å²) in [5.74, 6) is -0.236. The maximum Gasteiger partial charge on any atom is 0.246 e. The Labute approximate surface area is 186 Å². The number of hydrogen-bond donors (Lipinski definition) is 2. The first kappa shape index (κ1) is 21.0. The fraction of sp³-hybridized carbons (Fsp3) is 0.174. The van der Waals surface area contributed by atoms with Crippen molar-refractivity contribution in [3.63, 3.8) is 0 Å². The number of fused-ring (bicyclic) bond motifs is 1. The highest BCUT2D eigenvalue weighted by Crippen LogP contribution is 2.19. The van der Waals surface area contributed by atoms with Gasteiger partial charge < -0.3 is 34.6 Å². The number of amides is 2. The molecule has 0 bridgehead atoms.